The quantitative estimate of drug-likeness (QED) is 0.624. The van der Waals surface area contributed by atoms with Gasteiger partial charge in [-0.15, -0.1) is 0 Å². The minimum atomic E-state index is -0.958. The molecule has 6 nitrogen and oxygen atoms in total. The Bertz CT molecular complexity index is 877. The van der Waals surface area contributed by atoms with E-state index in [1.54, 1.807) is 19.2 Å². The minimum Gasteiger partial charge on any atom is -0.390 e. The Morgan fingerprint density at radius 3 is 2.55 bits per heavy atom. The number of halogens is 1. The van der Waals surface area contributed by atoms with Gasteiger partial charge in [0.25, 0.3) is 0 Å². The molecule has 1 aliphatic rings. The Balaban J connectivity index is 1.94. The Kier molecular flexibility index (Phi) is 6.62. The van der Waals surface area contributed by atoms with E-state index in [4.69, 9.17) is 5.73 Å². The molecule has 0 unspecified atom stereocenters. The lowest BCUT2D eigenvalue weighted by atomic mass is 9.81. The molecule has 1 aromatic carbocycles. The normalized spacial score (nSPS) is 25.9. The van der Waals surface area contributed by atoms with E-state index in [0.717, 1.165) is 16.8 Å². The summed E-state index contributed by atoms with van der Waals surface area (Å²) in [6, 6.07) is 7.84. The van der Waals surface area contributed by atoms with Crippen molar-refractivity contribution in [2.75, 3.05) is 13.6 Å². The molecule has 1 fully saturated rings. The van der Waals surface area contributed by atoms with Gasteiger partial charge in [0, 0.05) is 24.5 Å². The van der Waals surface area contributed by atoms with Gasteiger partial charge >= 0.3 is 0 Å². The highest BCUT2D eigenvalue weighted by Crippen LogP contribution is 2.46. The van der Waals surface area contributed by atoms with Crippen molar-refractivity contribution >= 4 is 18.2 Å². The third-order valence-electron chi connectivity index (χ3n) is 6.11. The summed E-state index contributed by atoms with van der Waals surface area (Å²) in [6.45, 7) is 6.00. The molecule has 1 aliphatic carbocycles. The van der Waals surface area contributed by atoms with Crippen molar-refractivity contribution in [3.8, 4) is 0 Å². The van der Waals surface area contributed by atoms with Crippen molar-refractivity contribution < 1.29 is 14.6 Å². The highest BCUT2D eigenvalue weighted by Gasteiger charge is 2.46. The van der Waals surface area contributed by atoms with Crippen LogP contribution in [-0.2, 0) is 0 Å². The molecule has 0 radical (unpaired) electrons. The molecule has 5 atom stereocenters. The van der Waals surface area contributed by atoms with Crippen molar-refractivity contribution in [3.05, 3.63) is 53.5 Å². The second kappa shape index (κ2) is 8.98. The summed E-state index contributed by atoms with van der Waals surface area (Å²) in [5.41, 5.74) is 8.42. The van der Waals surface area contributed by atoms with Gasteiger partial charge in [-0.05, 0) is 68.6 Å². The lowest BCUT2D eigenvalue weighted by molar-refractivity contribution is 0.00128. The van der Waals surface area contributed by atoms with Gasteiger partial charge in [0.15, 0.2) is 0 Å². The van der Waals surface area contributed by atoms with Gasteiger partial charge in [-0.3, -0.25) is 4.99 Å². The fourth-order valence-electron chi connectivity index (χ4n) is 4.51. The first-order chi connectivity index (χ1) is 13.9. The van der Waals surface area contributed by atoms with Crippen LogP contribution in [0.3, 0.4) is 0 Å². The third-order valence-corrected chi connectivity index (χ3v) is 6.11. The number of hydrogen-bond donors (Lipinski definition) is 3. The summed E-state index contributed by atoms with van der Waals surface area (Å²) in [6.07, 6.45) is 1.15. The van der Waals surface area contributed by atoms with Gasteiger partial charge in [-0.25, -0.2) is 9.38 Å². The van der Waals surface area contributed by atoms with Crippen LogP contribution in [-0.4, -0.2) is 53.0 Å². The number of nitrogens with zero attached hydrogens (tertiary/aromatic N) is 3. The predicted octanol–water partition coefficient (Wildman–Crippen LogP) is 2.81. The SMILES string of the molecule is C=Nc1c(C(C)=NC)ccn1[C@H]1C[C@H]([C@H](CCN)c2ccc(F)cc2)[C@@H](O)[C@H]1O. The van der Waals surface area contributed by atoms with Crippen LogP contribution in [0.5, 0.6) is 0 Å². The molecule has 0 saturated heterocycles. The molecule has 7 heteroatoms. The summed E-state index contributed by atoms with van der Waals surface area (Å²) < 4.78 is 15.2. The number of hydrogen-bond acceptors (Lipinski definition) is 5. The van der Waals surface area contributed by atoms with Crippen LogP contribution >= 0.6 is 0 Å². The number of rotatable bonds is 7. The molecule has 0 amide bonds. The van der Waals surface area contributed by atoms with Crippen LogP contribution in [0.2, 0.25) is 0 Å². The molecule has 0 aliphatic heterocycles. The zero-order chi connectivity index (χ0) is 21.1. The molecule has 3 rings (SSSR count). The van der Waals surface area contributed by atoms with E-state index in [1.165, 1.54) is 12.1 Å². The Labute approximate surface area is 170 Å². The number of aliphatic hydroxyl groups is 2. The first-order valence-electron chi connectivity index (χ1n) is 9.85. The number of nitrogens with two attached hydrogens (primary N) is 1. The van der Waals surface area contributed by atoms with E-state index in [9.17, 15) is 14.6 Å². The van der Waals surface area contributed by atoms with Crippen LogP contribution in [0.15, 0.2) is 46.5 Å². The zero-order valence-corrected chi connectivity index (χ0v) is 16.9. The van der Waals surface area contributed by atoms with Crippen LogP contribution in [0.1, 0.15) is 42.9 Å². The van der Waals surface area contributed by atoms with Crippen molar-refractivity contribution in [2.24, 2.45) is 21.6 Å². The lowest BCUT2D eigenvalue weighted by Crippen LogP contribution is -2.32. The van der Waals surface area contributed by atoms with Crippen molar-refractivity contribution in [3.63, 3.8) is 0 Å². The van der Waals surface area contributed by atoms with Gasteiger partial charge in [0.05, 0.1) is 12.1 Å². The number of aromatic nitrogens is 1. The number of aliphatic imine (C=N–C) groups is 2. The number of aliphatic hydroxyl groups excluding tert-OH is 2. The molecule has 156 valence electrons. The molecule has 1 saturated carbocycles. The van der Waals surface area contributed by atoms with Gasteiger partial charge in [-0.2, -0.15) is 0 Å². The van der Waals surface area contributed by atoms with Crippen molar-refractivity contribution in [2.45, 2.75) is 43.9 Å². The lowest BCUT2D eigenvalue weighted by Gasteiger charge is -2.26. The maximum absolute atomic E-state index is 13.4. The minimum absolute atomic E-state index is 0.0793. The van der Waals surface area contributed by atoms with E-state index < -0.39 is 12.2 Å². The number of benzene rings is 1. The Morgan fingerprint density at radius 1 is 1.28 bits per heavy atom. The molecule has 1 heterocycles. The first kappa shape index (κ1) is 21.4. The fraction of sp³-hybridized carbons (Fsp3) is 0.455. The van der Waals surface area contributed by atoms with E-state index >= 15 is 0 Å². The standard InChI is InChI=1S/C22H29FN4O2/c1-13(25-2)16-9-11-27(22(16)26-3)19-12-18(20(28)21(19)29)17(8-10-24)14-4-6-15(23)7-5-14/h4-7,9,11,17-21,28-29H,3,8,10,12,24H2,1-2H3/t17-,18-,19+,20-,21+/m1/s1. The Hall–Kier alpha value is -2.35. The first-order valence-corrected chi connectivity index (χ1v) is 9.85. The largest absolute Gasteiger partial charge is 0.390 e. The molecule has 0 bridgehead atoms. The van der Waals surface area contributed by atoms with Gasteiger partial charge in [-0.1, -0.05) is 12.1 Å². The molecular weight excluding hydrogens is 371 g/mol. The van der Waals surface area contributed by atoms with Crippen LogP contribution < -0.4 is 5.73 Å². The van der Waals surface area contributed by atoms with Crippen LogP contribution in [0.25, 0.3) is 0 Å². The second-order valence-electron chi connectivity index (χ2n) is 7.61. The molecule has 2 aromatic rings. The molecule has 4 N–H and O–H groups in total. The Morgan fingerprint density at radius 2 is 1.97 bits per heavy atom. The summed E-state index contributed by atoms with van der Waals surface area (Å²) in [5, 5.41) is 21.7. The molecular formula is C22H29FN4O2. The van der Waals surface area contributed by atoms with Gasteiger partial charge < -0.3 is 20.5 Å². The van der Waals surface area contributed by atoms with Gasteiger partial charge in [0.1, 0.15) is 17.7 Å². The average molecular weight is 400 g/mol. The maximum Gasteiger partial charge on any atom is 0.141 e. The van der Waals surface area contributed by atoms with Crippen molar-refractivity contribution in [1.29, 1.82) is 0 Å². The van der Waals surface area contributed by atoms with E-state index in [2.05, 4.69) is 16.7 Å². The highest BCUT2D eigenvalue weighted by atomic mass is 19.1. The van der Waals surface area contributed by atoms with E-state index in [0.29, 0.717) is 25.2 Å². The second-order valence-corrected chi connectivity index (χ2v) is 7.61. The molecule has 29 heavy (non-hydrogen) atoms. The monoisotopic (exact) mass is 400 g/mol. The zero-order valence-electron chi connectivity index (χ0n) is 16.9. The van der Waals surface area contributed by atoms with E-state index in [-0.39, 0.29) is 23.7 Å². The highest BCUT2D eigenvalue weighted by molar-refractivity contribution is 6.02. The summed E-state index contributed by atoms with van der Waals surface area (Å²) in [5.74, 6) is 0.0274. The van der Waals surface area contributed by atoms with Gasteiger partial charge in [0.2, 0.25) is 0 Å². The average Bonchev–Trinajstić information content (AvgIpc) is 3.28. The molecule has 1 aromatic heterocycles. The van der Waals surface area contributed by atoms with E-state index in [1.807, 2.05) is 23.8 Å². The topological polar surface area (TPSA) is 96.1 Å². The molecule has 0 spiro atoms. The smallest absolute Gasteiger partial charge is 0.141 e. The summed E-state index contributed by atoms with van der Waals surface area (Å²) in [4.78, 5) is 8.37. The third kappa shape index (κ3) is 4.03. The predicted molar refractivity (Wildman–Crippen MR) is 114 cm³/mol. The van der Waals surface area contributed by atoms with Crippen LogP contribution in [0, 0.1) is 11.7 Å². The van der Waals surface area contributed by atoms with Crippen molar-refractivity contribution in [1.82, 2.24) is 4.57 Å². The maximum atomic E-state index is 13.4. The fourth-order valence-corrected chi connectivity index (χ4v) is 4.51. The summed E-state index contributed by atoms with van der Waals surface area (Å²) in [7, 11) is 1.71. The summed E-state index contributed by atoms with van der Waals surface area (Å²) >= 11 is 0. The van der Waals surface area contributed by atoms with Crippen LogP contribution in [0.4, 0.5) is 10.2 Å².